The number of pyridine rings is 3. The highest BCUT2D eigenvalue weighted by atomic mass is 16.5. The zero-order chi connectivity index (χ0) is 21.4. The van der Waals surface area contributed by atoms with Crippen LogP contribution in [-0.2, 0) is 13.0 Å². The number of hydrogen-bond acceptors (Lipinski definition) is 8. The third-order valence-corrected chi connectivity index (χ3v) is 5.88. The summed E-state index contributed by atoms with van der Waals surface area (Å²) in [6.45, 7) is 6.46. The fraction of sp³-hybridized carbons (Fsp3) is 0.364. The number of H-pyrrole nitrogens is 1. The van der Waals surface area contributed by atoms with Crippen LogP contribution in [0.25, 0.3) is 22.1 Å². The van der Waals surface area contributed by atoms with Crippen LogP contribution in [0, 0.1) is 0 Å². The van der Waals surface area contributed by atoms with Gasteiger partial charge in [-0.1, -0.05) is 12.1 Å². The van der Waals surface area contributed by atoms with Gasteiger partial charge >= 0.3 is 0 Å². The maximum absolute atomic E-state index is 12.1. The van der Waals surface area contributed by atoms with Gasteiger partial charge in [0.2, 0.25) is 0 Å². The summed E-state index contributed by atoms with van der Waals surface area (Å²) in [5.74, 6) is 0.586. The number of piperazine rings is 1. The van der Waals surface area contributed by atoms with E-state index in [1.165, 1.54) is 0 Å². The summed E-state index contributed by atoms with van der Waals surface area (Å²) in [5, 5.41) is 7.05. The summed E-state index contributed by atoms with van der Waals surface area (Å²) >= 11 is 0. The number of fused-ring (bicyclic) bond motifs is 2. The molecule has 0 unspecified atom stereocenters. The summed E-state index contributed by atoms with van der Waals surface area (Å²) in [7, 11) is 1.79. The van der Waals surface area contributed by atoms with E-state index in [2.05, 4.69) is 35.2 Å². The molecule has 4 aromatic heterocycles. The van der Waals surface area contributed by atoms with Gasteiger partial charge in [-0.2, -0.15) is 0 Å². The summed E-state index contributed by atoms with van der Waals surface area (Å²) in [5.41, 5.74) is 6.04. The van der Waals surface area contributed by atoms with Gasteiger partial charge in [0.25, 0.3) is 11.4 Å². The van der Waals surface area contributed by atoms with Crippen LogP contribution in [0.1, 0.15) is 18.1 Å². The van der Waals surface area contributed by atoms with E-state index in [1.807, 2.05) is 37.5 Å². The Morgan fingerprint density at radius 1 is 1.10 bits per heavy atom. The Balaban J connectivity index is 1.26. The second-order valence-corrected chi connectivity index (χ2v) is 7.84. The fourth-order valence-electron chi connectivity index (χ4n) is 4.10. The van der Waals surface area contributed by atoms with Crippen molar-refractivity contribution >= 4 is 33.6 Å². The largest absolute Gasteiger partial charge is 0.368 e. The highest BCUT2D eigenvalue weighted by Crippen LogP contribution is 2.25. The predicted molar refractivity (Wildman–Crippen MR) is 121 cm³/mol. The molecule has 0 bridgehead atoms. The number of nitrogens with zero attached hydrogens (tertiary/aromatic N) is 5. The molecule has 0 aliphatic carbocycles. The molecule has 0 amide bonds. The average molecular weight is 419 g/mol. The van der Waals surface area contributed by atoms with Gasteiger partial charge in [-0.15, -0.1) is 0 Å². The molecule has 1 aliphatic heterocycles. The molecule has 1 saturated heterocycles. The highest BCUT2D eigenvalue weighted by molar-refractivity contribution is 5.86. The lowest BCUT2D eigenvalue weighted by molar-refractivity contribution is 0.249. The van der Waals surface area contributed by atoms with Gasteiger partial charge in [0, 0.05) is 51.5 Å². The van der Waals surface area contributed by atoms with Crippen molar-refractivity contribution in [2.75, 3.05) is 43.4 Å². The number of nitrogens with one attached hydrogen (secondary N) is 2. The first kappa shape index (κ1) is 19.5. The third kappa shape index (κ3) is 3.72. The standard InChI is InChI=1S/C22H25N7O2/c1-3-15-9-17-18(26-21(15)30)8-14(11-24-17)13-28-4-6-29(7-5-28)16-10-19-20(25-12-16)22(23-2)31-27-19/h8-12,23H,3-7,13H2,1-2H3,(H,26,30). The summed E-state index contributed by atoms with van der Waals surface area (Å²) < 4.78 is 5.26. The molecule has 5 heterocycles. The molecule has 160 valence electrons. The first-order valence-electron chi connectivity index (χ1n) is 10.6. The molecule has 2 N–H and O–H groups in total. The van der Waals surface area contributed by atoms with Crippen molar-refractivity contribution < 1.29 is 4.52 Å². The van der Waals surface area contributed by atoms with E-state index in [0.29, 0.717) is 12.3 Å². The second-order valence-electron chi connectivity index (χ2n) is 7.84. The van der Waals surface area contributed by atoms with E-state index in [1.54, 1.807) is 7.05 Å². The van der Waals surface area contributed by atoms with Gasteiger partial charge in [0.15, 0.2) is 5.52 Å². The molecular weight excluding hydrogens is 394 g/mol. The van der Waals surface area contributed by atoms with Gasteiger partial charge in [-0.25, -0.2) is 4.98 Å². The minimum Gasteiger partial charge on any atom is -0.368 e. The molecular formula is C22H25N7O2. The Labute approximate surface area is 179 Å². The third-order valence-electron chi connectivity index (χ3n) is 5.88. The van der Waals surface area contributed by atoms with Gasteiger partial charge in [0.05, 0.1) is 22.9 Å². The molecule has 1 aliphatic rings. The van der Waals surface area contributed by atoms with Crippen molar-refractivity contribution in [2.24, 2.45) is 0 Å². The Bertz CT molecular complexity index is 1290. The highest BCUT2D eigenvalue weighted by Gasteiger charge is 2.19. The zero-order valence-electron chi connectivity index (χ0n) is 17.7. The first-order chi connectivity index (χ1) is 15.1. The minimum absolute atomic E-state index is 0.0258. The predicted octanol–water partition coefficient (Wildman–Crippen LogP) is 2.39. The van der Waals surface area contributed by atoms with Crippen LogP contribution < -0.4 is 15.8 Å². The maximum atomic E-state index is 12.1. The molecule has 1 fully saturated rings. The topological polar surface area (TPSA) is 103 Å². The molecule has 0 saturated carbocycles. The van der Waals surface area contributed by atoms with E-state index in [-0.39, 0.29) is 5.56 Å². The number of hydrogen-bond donors (Lipinski definition) is 2. The van der Waals surface area contributed by atoms with E-state index >= 15 is 0 Å². The molecule has 0 atom stereocenters. The number of anilines is 2. The summed E-state index contributed by atoms with van der Waals surface area (Å²) in [4.78, 5) is 28.9. The van der Waals surface area contributed by atoms with Crippen molar-refractivity contribution in [3.8, 4) is 0 Å². The van der Waals surface area contributed by atoms with Crippen LogP contribution in [0.4, 0.5) is 11.6 Å². The lowest BCUT2D eigenvalue weighted by atomic mass is 10.1. The Morgan fingerprint density at radius 2 is 1.94 bits per heavy atom. The number of rotatable bonds is 5. The molecule has 9 heteroatoms. The molecule has 5 rings (SSSR count). The molecule has 4 aromatic rings. The van der Waals surface area contributed by atoms with Gasteiger partial charge in [0.1, 0.15) is 5.52 Å². The molecule has 0 aromatic carbocycles. The number of aromatic nitrogens is 4. The van der Waals surface area contributed by atoms with Crippen LogP contribution in [-0.4, -0.2) is 58.2 Å². The Morgan fingerprint density at radius 3 is 2.71 bits per heavy atom. The van der Waals surface area contributed by atoms with Crippen molar-refractivity contribution in [3.63, 3.8) is 0 Å². The van der Waals surface area contributed by atoms with Gasteiger partial charge in [-0.05, 0) is 30.2 Å². The van der Waals surface area contributed by atoms with E-state index in [4.69, 9.17) is 4.52 Å². The summed E-state index contributed by atoms with van der Waals surface area (Å²) in [6.07, 6.45) is 4.49. The van der Waals surface area contributed by atoms with Crippen LogP contribution >= 0.6 is 0 Å². The van der Waals surface area contributed by atoms with E-state index < -0.39 is 0 Å². The number of aryl methyl sites for hydroxylation is 1. The van der Waals surface area contributed by atoms with Gasteiger partial charge < -0.3 is 19.7 Å². The van der Waals surface area contributed by atoms with Crippen LogP contribution in [0.15, 0.2) is 39.9 Å². The van der Waals surface area contributed by atoms with E-state index in [9.17, 15) is 4.79 Å². The monoisotopic (exact) mass is 419 g/mol. The molecule has 9 nitrogen and oxygen atoms in total. The fourth-order valence-corrected chi connectivity index (χ4v) is 4.10. The minimum atomic E-state index is -0.0258. The lowest BCUT2D eigenvalue weighted by Crippen LogP contribution is -2.46. The van der Waals surface area contributed by atoms with Crippen molar-refractivity contribution in [2.45, 2.75) is 19.9 Å². The van der Waals surface area contributed by atoms with Crippen molar-refractivity contribution in [1.29, 1.82) is 0 Å². The van der Waals surface area contributed by atoms with Crippen molar-refractivity contribution in [3.05, 3.63) is 52.1 Å². The first-order valence-corrected chi connectivity index (χ1v) is 10.6. The van der Waals surface area contributed by atoms with Crippen LogP contribution in [0.3, 0.4) is 0 Å². The average Bonchev–Trinajstić information content (AvgIpc) is 3.21. The normalized spacial score (nSPS) is 15.1. The van der Waals surface area contributed by atoms with Crippen molar-refractivity contribution in [1.82, 2.24) is 25.0 Å². The SMILES string of the molecule is CCc1cc2ncc(CN3CCN(c4cnc5c(NC)onc5c4)CC3)cc2[nH]c1=O. The molecule has 0 radical (unpaired) electrons. The van der Waals surface area contributed by atoms with Gasteiger partial charge in [-0.3, -0.25) is 14.7 Å². The zero-order valence-corrected chi connectivity index (χ0v) is 17.7. The molecule has 31 heavy (non-hydrogen) atoms. The lowest BCUT2D eigenvalue weighted by Gasteiger charge is -2.35. The number of aromatic amines is 1. The maximum Gasteiger partial charge on any atom is 0.251 e. The quantitative estimate of drug-likeness (QED) is 0.508. The van der Waals surface area contributed by atoms with Crippen LogP contribution in [0.5, 0.6) is 0 Å². The Hall–Kier alpha value is -3.46. The Kier molecular flexibility index (Phi) is 5.03. The molecule has 0 spiro atoms. The smallest absolute Gasteiger partial charge is 0.251 e. The second kappa shape index (κ2) is 7.99. The summed E-state index contributed by atoms with van der Waals surface area (Å²) in [6, 6.07) is 5.95. The van der Waals surface area contributed by atoms with E-state index in [0.717, 1.165) is 71.6 Å². The van der Waals surface area contributed by atoms with Crippen LogP contribution in [0.2, 0.25) is 0 Å².